The van der Waals surface area contributed by atoms with Gasteiger partial charge in [0.25, 0.3) is 0 Å². The van der Waals surface area contributed by atoms with Crippen LogP contribution in [0, 0.1) is 22.7 Å². The van der Waals surface area contributed by atoms with Crippen LogP contribution in [-0.4, -0.2) is 10.7 Å². The zero-order valence-electron chi connectivity index (χ0n) is 14.7. The molecule has 0 aromatic rings. The Morgan fingerprint density at radius 3 is 2.48 bits per heavy atom. The Morgan fingerprint density at radius 2 is 1.86 bits per heavy atom. The van der Waals surface area contributed by atoms with E-state index in [-0.39, 0.29) is 5.41 Å². The highest BCUT2D eigenvalue weighted by Gasteiger charge is 2.57. The quantitative estimate of drug-likeness (QED) is 0.680. The average molecular weight is 290 g/mol. The van der Waals surface area contributed by atoms with Crippen LogP contribution in [0.4, 0.5) is 0 Å². The fraction of sp³-hybridized carbons (Fsp3) is 0.800. The maximum atomic E-state index is 11.0. The van der Waals surface area contributed by atoms with E-state index >= 15 is 0 Å². The molecule has 2 aliphatic rings. The van der Waals surface area contributed by atoms with Crippen molar-refractivity contribution in [2.75, 3.05) is 0 Å². The van der Waals surface area contributed by atoms with Crippen LogP contribution < -0.4 is 0 Å². The minimum Gasteiger partial charge on any atom is -0.390 e. The summed E-state index contributed by atoms with van der Waals surface area (Å²) in [5, 5.41) is 11.0. The summed E-state index contributed by atoms with van der Waals surface area (Å²) in [6.45, 7) is 15.4. The molecule has 0 unspecified atom stereocenters. The second-order valence-corrected chi connectivity index (χ2v) is 8.74. The Morgan fingerprint density at radius 1 is 1.19 bits per heavy atom. The Bertz CT molecular complexity index is 429. The molecule has 0 aliphatic heterocycles. The number of allylic oxidation sites excluding steroid dienone is 3. The molecule has 0 spiro atoms. The van der Waals surface area contributed by atoms with E-state index in [9.17, 15) is 5.11 Å². The van der Waals surface area contributed by atoms with Gasteiger partial charge >= 0.3 is 0 Å². The lowest BCUT2D eigenvalue weighted by Gasteiger charge is -2.61. The summed E-state index contributed by atoms with van der Waals surface area (Å²) >= 11 is 0. The van der Waals surface area contributed by atoms with Crippen LogP contribution in [0.15, 0.2) is 24.3 Å². The van der Waals surface area contributed by atoms with Crippen LogP contribution in [0.5, 0.6) is 0 Å². The molecule has 120 valence electrons. The number of aliphatic hydroxyl groups is 1. The van der Waals surface area contributed by atoms with Crippen molar-refractivity contribution in [1.82, 2.24) is 0 Å². The molecule has 0 radical (unpaired) electrons. The van der Waals surface area contributed by atoms with E-state index in [1.54, 1.807) is 0 Å². The molecule has 4 atom stereocenters. The Kier molecular flexibility index (Phi) is 4.46. The van der Waals surface area contributed by atoms with Crippen molar-refractivity contribution in [3.8, 4) is 0 Å². The SMILES string of the molecule is C=C/C(C)=C\C[C@@H]1[C@@]2(C)CCCC(C)(C)[C@@H]2CC[C@@]1(C)O. The number of rotatable bonds is 3. The molecule has 2 fully saturated rings. The van der Waals surface area contributed by atoms with Crippen molar-refractivity contribution in [3.63, 3.8) is 0 Å². The Labute approximate surface area is 131 Å². The maximum Gasteiger partial charge on any atom is 0.0656 e. The molecule has 0 saturated heterocycles. The third kappa shape index (κ3) is 2.99. The molecule has 1 N–H and O–H groups in total. The molecular weight excluding hydrogens is 256 g/mol. The van der Waals surface area contributed by atoms with Gasteiger partial charge in [-0.2, -0.15) is 0 Å². The molecule has 21 heavy (non-hydrogen) atoms. The molecule has 0 heterocycles. The highest BCUT2D eigenvalue weighted by molar-refractivity contribution is 5.15. The summed E-state index contributed by atoms with van der Waals surface area (Å²) < 4.78 is 0. The van der Waals surface area contributed by atoms with Crippen molar-refractivity contribution in [2.45, 2.75) is 78.7 Å². The van der Waals surface area contributed by atoms with Crippen LogP contribution in [0.1, 0.15) is 73.1 Å². The summed E-state index contributed by atoms with van der Waals surface area (Å²) in [4.78, 5) is 0. The van der Waals surface area contributed by atoms with Crippen LogP contribution in [0.2, 0.25) is 0 Å². The van der Waals surface area contributed by atoms with Crippen LogP contribution in [0.25, 0.3) is 0 Å². The van der Waals surface area contributed by atoms with Gasteiger partial charge in [0.1, 0.15) is 0 Å². The molecule has 0 aromatic heterocycles. The van der Waals surface area contributed by atoms with Crippen molar-refractivity contribution in [1.29, 1.82) is 0 Å². The predicted molar refractivity (Wildman–Crippen MR) is 91.1 cm³/mol. The summed E-state index contributed by atoms with van der Waals surface area (Å²) in [6, 6.07) is 0. The lowest BCUT2D eigenvalue weighted by atomic mass is 9.45. The fourth-order valence-corrected chi connectivity index (χ4v) is 5.53. The summed E-state index contributed by atoms with van der Waals surface area (Å²) in [5.74, 6) is 1.10. The van der Waals surface area contributed by atoms with E-state index in [1.807, 2.05) is 6.08 Å². The first-order chi connectivity index (χ1) is 9.63. The fourth-order valence-electron chi connectivity index (χ4n) is 5.53. The van der Waals surface area contributed by atoms with E-state index in [0.717, 1.165) is 18.8 Å². The molecule has 0 aromatic carbocycles. The number of hydrogen-bond donors (Lipinski definition) is 1. The molecule has 2 rings (SSSR count). The largest absolute Gasteiger partial charge is 0.390 e. The van der Waals surface area contributed by atoms with Gasteiger partial charge in [-0.1, -0.05) is 51.5 Å². The molecule has 1 nitrogen and oxygen atoms in total. The van der Waals surface area contributed by atoms with Gasteiger partial charge < -0.3 is 5.11 Å². The predicted octanol–water partition coefficient (Wildman–Crippen LogP) is 5.50. The Hall–Kier alpha value is -0.560. The van der Waals surface area contributed by atoms with Gasteiger partial charge in [0.15, 0.2) is 0 Å². The lowest BCUT2D eigenvalue weighted by molar-refractivity contribution is -0.165. The molecule has 2 aliphatic carbocycles. The first-order valence-electron chi connectivity index (χ1n) is 8.65. The van der Waals surface area contributed by atoms with Gasteiger partial charge in [-0.15, -0.1) is 0 Å². The molecular formula is C20H34O. The number of fused-ring (bicyclic) bond motifs is 1. The molecule has 0 bridgehead atoms. The van der Waals surface area contributed by atoms with E-state index in [0.29, 0.717) is 11.3 Å². The van der Waals surface area contributed by atoms with E-state index in [1.165, 1.54) is 31.3 Å². The normalized spacial score (nSPS) is 43.2. The minimum absolute atomic E-state index is 0.265. The van der Waals surface area contributed by atoms with Crippen molar-refractivity contribution in [3.05, 3.63) is 24.3 Å². The second kappa shape index (κ2) is 5.57. The van der Waals surface area contributed by atoms with Gasteiger partial charge in [0.2, 0.25) is 0 Å². The average Bonchev–Trinajstić information content (AvgIpc) is 2.35. The first-order valence-corrected chi connectivity index (χ1v) is 8.65. The van der Waals surface area contributed by atoms with Crippen molar-refractivity contribution >= 4 is 0 Å². The second-order valence-electron chi connectivity index (χ2n) is 8.74. The highest BCUT2D eigenvalue weighted by atomic mass is 16.3. The zero-order valence-corrected chi connectivity index (χ0v) is 14.7. The van der Waals surface area contributed by atoms with Gasteiger partial charge in [0.05, 0.1) is 5.60 Å². The maximum absolute atomic E-state index is 11.0. The molecule has 0 amide bonds. The van der Waals surface area contributed by atoms with Crippen LogP contribution in [0.3, 0.4) is 0 Å². The summed E-state index contributed by atoms with van der Waals surface area (Å²) in [7, 11) is 0. The van der Waals surface area contributed by atoms with Gasteiger partial charge in [-0.05, 0) is 68.6 Å². The van der Waals surface area contributed by atoms with Crippen LogP contribution in [-0.2, 0) is 0 Å². The lowest BCUT2D eigenvalue weighted by Crippen LogP contribution is -2.57. The van der Waals surface area contributed by atoms with Crippen molar-refractivity contribution < 1.29 is 5.11 Å². The van der Waals surface area contributed by atoms with Crippen molar-refractivity contribution in [2.24, 2.45) is 22.7 Å². The zero-order chi connectivity index (χ0) is 15.9. The van der Waals surface area contributed by atoms with Gasteiger partial charge in [-0.3, -0.25) is 0 Å². The standard InChI is InChI=1S/C20H34O/c1-7-15(2)9-10-17-19(5)13-8-12-18(3,4)16(19)11-14-20(17,6)21/h7,9,16-17,21H,1,8,10-14H2,2-6H3/b15-9-/t16-,17+,19-,20+/m0/s1. The summed E-state index contributed by atoms with van der Waals surface area (Å²) in [6.07, 6.45) is 11.2. The number of hydrogen-bond acceptors (Lipinski definition) is 1. The van der Waals surface area contributed by atoms with E-state index in [4.69, 9.17) is 0 Å². The smallest absolute Gasteiger partial charge is 0.0656 e. The van der Waals surface area contributed by atoms with Crippen LogP contribution >= 0.6 is 0 Å². The highest BCUT2D eigenvalue weighted by Crippen LogP contribution is 2.62. The van der Waals surface area contributed by atoms with Gasteiger partial charge in [-0.25, -0.2) is 0 Å². The Balaban J connectivity index is 2.35. The topological polar surface area (TPSA) is 20.2 Å². The van der Waals surface area contributed by atoms with E-state index in [2.05, 4.69) is 47.3 Å². The third-order valence-corrected chi connectivity index (χ3v) is 6.76. The molecule has 1 heteroatoms. The first kappa shape index (κ1) is 16.8. The summed E-state index contributed by atoms with van der Waals surface area (Å²) in [5.41, 5.74) is 1.38. The third-order valence-electron chi connectivity index (χ3n) is 6.76. The minimum atomic E-state index is -0.531. The molecule has 2 saturated carbocycles. The van der Waals surface area contributed by atoms with E-state index < -0.39 is 5.60 Å². The monoisotopic (exact) mass is 290 g/mol. The van der Waals surface area contributed by atoms with Gasteiger partial charge in [0, 0.05) is 0 Å².